The molecule has 90 valence electrons. The molecule has 3 heteroatoms. The Morgan fingerprint density at radius 2 is 2.25 bits per heavy atom. The van der Waals surface area contributed by atoms with Crippen LogP contribution in [0.3, 0.4) is 0 Å². The van der Waals surface area contributed by atoms with Crippen LogP contribution >= 0.6 is 0 Å². The molecular formula is C13H23N3. The Morgan fingerprint density at radius 3 is 2.94 bits per heavy atom. The zero-order valence-electron chi connectivity index (χ0n) is 10.4. The van der Waals surface area contributed by atoms with Crippen LogP contribution in [-0.4, -0.2) is 15.6 Å². The number of imidazole rings is 1. The van der Waals surface area contributed by atoms with Gasteiger partial charge in [-0.3, -0.25) is 0 Å². The number of aryl methyl sites for hydroxylation is 1. The van der Waals surface area contributed by atoms with E-state index in [4.69, 9.17) is 0 Å². The van der Waals surface area contributed by atoms with Gasteiger partial charge >= 0.3 is 0 Å². The first-order valence-electron chi connectivity index (χ1n) is 6.53. The molecule has 1 atom stereocenters. The molecular weight excluding hydrogens is 198 g/mol. The highest BCUT2D eigenvalue weighted by atomic mass is 15.1. The summed E-state index contributed by atoms with van der Waals surface area (Å²) in [7, 11) is 0. The minimum Gasteiger partial charge on any atom is -0.334 e. The highest BCUT2D eigenvalue weighted by Crippen LogP contribution is 2.27. The monoisotopic (exact) mass is 221 g/mol. The Bertz CT molecular complexity index is 313. The summed E-state index contributed by atoms with van der Waals surface area (Å²) in [4.78, 5) is 4.19. The molecule has 3 nitrogen and oxygen atoms in total. The quantitative estimate of drug-likeness (QED) is 0.828. The Morgan fingerprint density at radius 1 is 1.50 bits per heavy atom. The van der Waals surface area contributed by atoms with Gasteiger partial charge in [0.05, 0.1) is 12.0 Å². The zero-order chi connectivity index (χ0) is 11.4. The fourth-order valence-corrected chi connectivity index (χ4v) is 2.67. The summed E-state index contributed by atoms with van der Waals surface area (Å²) >= 11 is 0. The number of rotatable bonds is 5. The van der Waals surface area contributed by atoms with Crippen LogP contribution in [0, 0.1) is 5.92 Å². The van der Waals surface area contributed by atoms with E-state index in [1.54, 1.807) is 0 Å². The van der Waals surface area contributed by atoms with Crippen LogP contribution in [0.1, 0.15) is 45.2 Å². The van der Waals surface area contributed by atoms with Crippen molar-refractivity contribution in [3.05, 3.63) is 18.2 Å². The maximum Gasteiger partial charge on any atom is 0.0948 e. The maximum absolute atomic E-state index is 4.19. The first-order valence-corrected chi connectivity index (χ1v) is 6.53. The lowest BCUT2D eigenvalue weighted by Crippen LogP contribution is -2.32. The Balaban J connectivity index is 1.82. The SMILES string of the molecule is CCn1cncc1CN[C@H](C)C1CCCC1. The van der Waals surface area contributed by atoms with Gasteiger partial charge in [-0.2, -0.15) is 0 Å². The third-order valence-electron chi connectivity index (χ3n) is 3.85. The zero-order valence-corrected chi connectivity index (χ0v) is 10.4. The van der Waals surface area contributed by atoms with Crippen LogP contribution < -0.4 is 5.32 Å². The fraction of sp³-hybridized carbons (Fsp3) is 0.769. The normalized spacial score (nSPS) is 19.1. The van der Waals surface area contributed by atoms with Crippen molar-refractivity contribution >= 4 is 0 Å². The van der Waals surface area contributed by atoms with Crippen LogP contribution in [0.5, 0.6) is 0 Å². The number of hydrogen-bond acceptors (Lipinski definition) is 2. The van der Waals surface area contributed by atoms with Crippen molar-refractivity contribution in [2.45, 2.75) is 58.7 Å². The first-order chi connectivity index (χ1) is 7.81. The van der Waals surface area contributed by atoms with Crippen molar-refractivity contribution in [1.82, 2.24) is 14.9 Å². The van der Waals surface area contributed by atoms with Crippen molar-refractivity contribution in [1.29, 1.82) is 0 Å². The van der Waals surface area contributed by atoms with E-state index in [0.29, 0.717) is 6.04 Å². The minimum absolute atomic E-state index is 0.641. The van der Waals surface area contributed by atoms with Gasteiger partial charge in [-0.1, -0.05) is 12.8 Å². The highest BCUT2D eigenvalue weighted by Gasteiger charge is 2.21. The molecule has 1 aromatic rings. The van der Waals surface area contributed by atoms with Crippen LogP contribution in [0.2, 0.25) is 0 Å². The number of aromatic nitrogens is 2. The van der Waals surface area contributed by atoms with Gasteiger partial charge in [0.2, 0.25) is 0 Å². The predicted molar refractivity (Wildman–Crippen MR) is 66.2 cm³/mol. The third-order valence-corrected chi connectivity index (χ3v) is 3.85. The minimum atomic E-state index is 0.641. The lowest BCUT2D eigenvalue weighted by atomic mass is 10.00. The van der Waals surface area contributed by atoms with Crippen LogP contribution in [0.15, 0.2) is 12.5 Å². The molecule has 0 unspecified atom stereocenters. The second-order valence-corrected chi connectivity index (χ2v) is 4.89. The molecule has 1 heterocycles. The molecule has 16 heavy (non-hydrogen) atoms. The van der Waals surface area contributed by atoms with Crippen molar-refractivity contribution < 1.29 is 0 Å². The molecule has 0 aliphatic heterocycles. The molecule has 0 amide bonds. The topological polar surface area (TPSA) is 29.9 Å². The smallest absolute Gasteiger partial charge is 0.0948 e. The van der Waals surface area contributed by atoms with Gasteiger partial charge in [0.15, 0.2) is 0 Å². The molecule has 0 spiro atoms. The molecule has 0 aromatic carbocycles. The molecule has 1 aromatic heterocycles. The van der Waals surface area contributed by atoms with E-state index >= 15 is 0 Å². The van der Waals surface area contributed by atoms with Gasteiger partial charge in [0, 0.05) is 25.3 Å². The summed E-state index contributed by atoms with van der Waals surface area (Å²) in [5.41, 5.74) is 1.30. The predicted octanol–water partition coefficient (Wildman–Crippen LogP) is 2.57. The Hall–Kier alpha value is -0.830. The van der Waals surface area contributed by atoms with E-state index in [-0.39, 0.29) is 0 Å². The summed E-state index contributed by atoms with van der Waals surface area (Å²) in [6.45, 7) is 6.44. The molecule has 1 N–H and O–H groups in total. The van der Waals surface area contributed by atoms with Gasteiger partial charge in [0.25, 0.3) is 0 Å². The van der Waals surface area contributed by atoms with E-state index in [1.165, 1.54) is 31.4 Å². The number of hydrogen-bond donors (Lipinski definition) is 1. The summed E-state index contributed by atoms with van der Waals surface area (Å²) in [6.07, 6.45) is 9.53. The molecule has 0 bridgehead atoms. The largest absolute Gasteiger partial charge is 0.334 e. The van der Waals surface area contributed by atoms with E-state index in [1.807, 2.05) is 12.5 Å². The highest BCUT2D eigenvalue weighted by molar-refractivity contribution is 4.98. The third kappa shape index (κ3) is 2.64. The van der Waals surface area contributed by atoms with Gasteiger partial charge < -0.3 is 9.88 Å². The molecule has 0 radical (unpaired) electrons. The molecule has 1 aliphatic carbocycles. The molecule has 0 saturated heterocycles. The number of nitrogens with zero attached hydrogens (tertiary/aromatic N) is 2. The average molecular weight is 221 g/mol. The fourth-order valence-electron chi connectivity index (χ4n) is 2.67. The van der Waals surface area contributed by atoms with Crippen molar-refractivity contribution in [3.63, 3.8) is 0 Å². The molecule has 1 saturated carbocycles. The summed E-state index contributed by atoms with van der Waals surface area (Å²) < 4.78 is 2.20. The van der Waals surface area contributed by atoms with Crippen molar-refractivity contribution in [2.75, 3.05) is 0 Å². The van der Waals surface area contributed by atoms with Gasteiger partial charge in [0.1, 0.15) is 0 Å². The Labute approximate surface area is 98.3 Å². The standard InChI is InChI=1S/C13H23N3/c1-3-16-10-14-8-13(16)9-15-11(2)12-6-4-5-7-12/h8,10-12,15H,3-7,9H2,1-2H3/t11-/m1/s1. The van der Waals surface area contributed by atoms with Crippen LogP contribution in [-0.2, 0) is 13.1 Å². The van der Waals surface area contributed by atoms with Crippen LogP contribution in [0.4, 0.5) is 0 Å². The molecule has 1 aliphatic rings. The van der Waals surface area contributed by atoms with Gasteiger partial charge in [-0.15, -0.1) is 0 Å². The van der Waals surface area contributed by atoms with E-state index in [0.717, 1.165) is 19.0 Å². The van der Waals surface area contributed by atoms with E-state index < -0.39 is 0 Å². The lowest BCUT2D eigenvalue weighted by molar-refractivity contribution is 0.376. The van der Waals surface area contributed by atoms with Crippen molar-refractivity contribution in [2.24, 2.45) is 5.92 Å². The van der Waals surface area contributed by atoms with E-state index in [9.17, 15) is 0 Å². The maximum atomic E-state index is 4.19. The number of nitrogens with one attached hydrogen (secondary N) is 1. The molecule has 1 fully saturated rings. The van der Waals surface area contributed by atoms with Crippen molar-refractivity contribution in [3.8, 4) is 0 Å². The van der Waals surface area contributed by atoms with Gasteiger partial charge in [-0.25, -0.2) is 4.98 Å². The average Bonchev–Trinajstić information content (AvgIpc) is 2.96. The summed E-state index contributed by atoms with van der Waals surface area (Å²) in [5, 5.41) is 3.64. The summed E-state index contributed by atoms with van der Waals surface area (Å²) in [6, 6.07) is 0.641. The first kappa shape index (κ1) is 11.6. The van der Waals surface area contributed by atoms with E-state index in [2.05, 4.69) is 28.7 Å². The van der Waals surface area contributed by atoms with Gasteiger partial charge in [-0.05, 0) is 32.6 Å². The second kappa shape index (κ2) is 5.48. The van der Waals surface area contributed by atoms with Crippen LogP contribution in [0.25, 0.3) is 0 Å². The summed E-state index contributed by atoms with van der Waals surface area (Å²) in [5.74, 6) is 0.887. The molecule has 2 rings (SSSR count). The second-order valence-electron chi connectivity index (χ2n) is 4.89. The Kier molecular flexibility index (Phi) is 3.99. The lowest BCUT2D eigenvalue weighted by Gasteiger charge is -2.20.